The Morgan fingerprint density at radius 1 is 1.03 bits per heavy atom. The number of Topliss-reactive ketones (excluding diaryl/α,β-unsaturated/α-hetero) is 1. The molecule has 0 spiro atoms. The summed E-state index contributed by atoms with van der Waals surface area (Å²) >= 11 is 0. The molecule has 0 heterocycles. The summed E-state index contributed by atoms with van der Waals surface area (Å²) in [7, 11) is 2.17. The molecular formula is C28H45NO2. The lowest BCUT2D eigenvalue weighted by atomic mass is 9.64. The zero-order valence-corrected chi connectivity index (χ0v) is 20.0. The van der Waals surface area contributed by atoms with Crippen LogP contribution < -0.4 is 0 Å². The van der Waals surface area contributed by atoms with Crippen LogP contribution in [-0.4, -0.2) is 42.0 Å². The molecule has 31 heavy (non-hydrogen) atoms. The third-order valence-electron chi connectivity index (χ3n) is 7.98. The summed E-state index contributed by atoms with van der Waals surface area (Å²) < 4.78 is 0. The fraction of sp³-hybridized carbons (Fsp3) is 0.750. The fourth-order valence-corrected chi connectivity index (χ4v) is 6.22. The first-order chi connectivity index (χ1) is 15.0. The average molecular weight is 428 g/mol. The number of rotatable bonds is 12. The minimum atomic E-state index is -0.262. The van der Waals surface area contributed by atoms with Crippen LogP contribution in [0.1, 0.15) is 95.5 Å². The van der Waals surface area contributed by atoms with Crippen LogP contribution >= 0.6 is 0 Å². The van der Waals surface area contributed by atoms with Crippen molar-refractivity contribution in [3.63, 3.8) is 0 Å². The van der Waals surface area contributed by atoms with E-state index in [2.05, 4.69) is 49.2 Å². The summed E-state index contributed by atoms with van der Waals surface area (Å²) in [5, 5.41) is 10.4. The smallest absolute Gasteiger partial charge is 0.136 e. The minimum absolute atomic E-state index is 0.262. The highest BCUT2D eigenvalue weighted by atomic mass is 16.3. The Hall–Kier alpha value is -1.19. The molecule has 0 aromatic heterocycles. The predicted octanol–water partition coefficient (Wildman–Crippen LogP) is 6.21. The van der Waals surface area contributed by atoms with Crippen LogP contribution in [0.3, 0.4) is 0 Å². The molecule has 0 aliphatic heterocycles. The molecular weight excluding hydrogens is 382 g/mol. The van der Waals surface area contributed by atoms with Crippen LogP contribution in [0.5, 0.6) is 0 Å². The van der Waals surface area contributed by atoms with Gasteiger partial charge in [-0.3, -0.25) is 4.79 Å². The zero-order chi connectivity index (χ0) is 22.1. The van der Waals surface area contributed by atoms with E-state index in [1.807, 2.05) is 0 Å². The van der Waals surface area contributed by atoms with Crippen LogP contribution in [0.25, 0.3) is 0 Å². The summed E-state index contributed by atoms with van der Waals surface area (Å²) in [5.74, 6) is 2.85. The van der Waals surface area contributed by atoms with Crippen molar-refractivity contribution in [3.8, 4) is 0 Å². The van der Waals surface area contributed by atoms with Gasteiger partial charge >= 0.3 is 0 Å². The molecule has 3 nitrogen and oxygen atoms in total. The van der Waals surface area contributed by atoms with Crippen molar-refractivity contribution in [2.75, 3.05) is 20.1 Å². The average Bonchev–Trinajstić information content (AvgIpc) is 2.79. The number of ketones is 1. The normalized spacial score (nSPS) is 25.7. The highest BCUT2D eigenvalue weighted by molar-refractivity contribution is 5.81. The Morgan fingerprint density at radius 3 is 2.55 bits per heavy atom. The summed E-state index contributed by atoms with van der Waals surface area (Å²) in [4.78, 5) is 15.2. The van der Waals surface area contributed by atoms with Crippen molar-refractivity contribution < 1.29 is 9.90 Å². The summed E-state index contributed by atoms with van der Waals surface area (Å²) in [6, 6.07) is 10.7. The third kappa shape index (κ3) is 7.71. The molecule has 3 heteroatoms. The van der Waals surface area contributed by atoms with Gasteiger partial charge in [-0.05, 0) is 75.4 Å². The highest BCUT2D eigenvalue weighted by Crippen LogP contribution is 2.44. The zero-order valence-electron chi connectivity index (χ0n) is 20.0. The standard InChI is InChI=1S/C28H45NO2/c1-22(23-11-4-3-5-12-23)21-29(2)20-10-16-25(30)15-9-19-28(31)27-18-8-14-24-13-6-7-17-26(24)27/h3-5,11-12,22,24-27,30H,6-10,13-21H2,1-2H3. The number of carbonyl (C=O) groups excluding carboxylic acids is 1. The van der Waals surface area contributed by atoms with Crippen molar-refractivity contribution in [2.24, 2.45) is 17.8 Å². The van der Waals surface area contributed by atoms with E-state index in [1.165, 1.54) is 44.1 Å². The topological polar surface area (TPSA) is 40.5 Å². The SMILES string of the molecule is CC(CN(C)CCCC(O)CCCC(=O)C1CCCC2CCCCC21)c1ccccc1. The maximum absolute atomic E-state index is 12.9. The second kappa shape index (κ2) is 12.7. The van der Waals surface area contributed by atoms with E-state index in [0.29, 0.717) is 30.0 Å². The number of likely N-dealkylation sites (N-methyl/N-ethyl adjacent to an activating group) is 1. The van der Waals surface area contributed by atoms with Gasteiger partial charge in [0.15, 0.2) is 0 Å². The van der Waals surface area contributed by atoms with Gasteiger partial charge < -0.3 is 10.0 Å². The summed E-state index contributed by atoms with van der Waals surface area (Å²) in [6.45, 7) is 4.33. The summed E-state index contributed by atoms with van der Waals surface area (Å²) in [5.41, 5.74) is 1.39. The van der Waals surface area contributed by atoms with Gasteiger partial charge in [-0.15, -0.1) is 0 Å². The number of aliphatic hydroxyl groups is 1. The molecule has 3 rings (SSSR count). The molecule has 5 atom stereocenters. The third-order valence-corrected chi connectivity index (χ3v) is 7.98. The number of carbonyl (C=O) groups is 1. The molecule has 0 radical (unpaired) electrons. The van der Waals surface area contributed by atoms with Crippen LogP contribution in [0.15, 0.2) is 30.3 Å². The number of aliphatic hydroxyl groups excluding tert-OH is 1. The molecule has 174 valence electrons. The Labute approximate surface area is 190 Å². The van der Waals surface area contributed by atoms with Gasteiger partial charge in [-0.25, -0.2) is 0 Å². The van der Waals surface area contributed by atoms with E-state index in [1.54, 1.807) is 0 Å². The fourth-order valence-electron chi connectivity index (χ4n) is 6.22. The monoisotopic (exact) mass is 427 g/mol. The highest BCUT2D eigenvalue weighted by Gasteiger charge is 2.37. The molecule has 2 saturated carbocycles. The molecule has 1 aromatic carbocycles. The van der Waals surface area contributed by atoms with Crippen molar-refractivity contribution in [3.05, 3.63) is 35.9 Å². The van der Waals surface area contributed by atoms with Crippen molar-refractivity contribution in [1.29, 1.82) is 0 Å². The van der Waals surface area contributed by atoms with E-state index < -0.39 is 0 Å². The van der Waals surface area contributed by atoms with E-state index >= 15 is 0 Å². The second-order valence-electron chi connectivity index (χ2n) is 10.5. The lowest BCUT2D eigenvalue weighted by Gasteiger charge is -2.40. The van der Waals surface area contributed by atoms with Crippen LogP contribution in [0.4, 0.5) is 0 Å². The lowest BCUT2D eigenvalue weighted by molar-refractivity contribution is -0.127. The van der Waals surface area contributed by atoms with Gasteiger partial charge in [0.05, 0.1) is 6.10 Å². The number of nitrogens with zero attached hydrogens (tertiary/aromatic N) is 1. The number of fused-ring (bicyclic) bond motifs is 1. The van der Waals surface area contributed by atoms with E-state index in [4.69, 9.17) is 0 Å². The van der Waals surface area contributed by atoms with E-state index in [9.17, 15) is 9.90 Å². The Balaban J connectivity index is 1.28. The first-order valence-electron chi connectivity index (χ1n) is 13.0. The Kier molecular flexibility index (Phi) is 10.1. The molecule has 0 amide bonds. The van der Waals surface area contributed by atoms with Crippen molar-refractivity contribution >= 4 is 5.78 Å². The van der Waals surface area contributed by atoms with Gasteiger partial charge in [0.25, 0.3) is 0 Å². The number of benzene rings is 1. The maximum Gasteiger partial charge on any atom is 0.136 e. The minimum Gasteiger partial charge on any atom is -0.393 e. The van der Waals surface area contributed by atoms with E-state index in [-0.39, 0.29) is 6.10 Å². The molecule has 1 N–H and O–H groups in total. The number of hydrogen-bond acceptors (Lipinski definition) is 3. The summed E-state index contributed by atoms with van der Waals surface area (Å²) in [6.07, 6.45) is 12.9. The second-order valence-corrected chi connectivity index (χ2v) is 10.5. The first-order valence-corrected chi connectivity index (χ1v) is 13.0. The van der Waals surface area contributed by atoms with Crippen LogP contribution in [0, 0.1) is 17.8 Å². The van der Waals surface area contributed by atoms with Gasteiger partial charge in [-0.1, -0.05) is 69.4 Å². The lowest BCUT2D eigenvalue weighted by Crippen LogP contribution is -2.35. The van der Waals surface area contributed by atoms with Gasteiger partial charge in [0, 0.05) is 18.9 Å². The molecule has 0 bridgehead atoms. The first kappa shape index (κ1) is 24.5. The van der Waals surface area contributed by atoms with Crippen LogP contribution in [-0.2, 0) is 4.79 Å². The largest absolute Gasteiger partial charge is 0.393 e. The quantitative estimate of drug-likeness (QED) is 0.431. The Morgan fingerprint density at radius 2 is 1.74 bits per heavy atom. The van der Waals surface area contributed by atoms with Gasteiger partial charge in [0.2, 0.25) is 0 Å². The van der Waals surface area contributed by atoms with Crippen molar-refractivity contribution in [1.82, 2.24) is 4.90 Å². The van der Waals surface area contributed by atoms with Crippen molar-refractivity contribution in [2.45, 2.75) is 96.0 Å². The Bertz CT molecular complexity index is 644. The molecule has 2 aliphatic rings. The predicted molar refractivity (Wildman–Crippen MR) is 129 cm³/mol. The molecule has 2 aliphatic carbocycles. The molecule has 2 fully saturated rings. The van der Waals surface area contributed by atoms with Crippen LogP contribution in [0.2, 0.25) is 0 Å². The molecule has 5 unspecified atom stereocenters. The number of hydrogen-bond donors (Lipinski definition) is 1. The molecule has 0 saturated heterocycles. The van der Waals surface area contributed by atoms with Gasteiger partial charge in [0.1, 0.15) is 5.78 Å². The molecule has 1 aromatic rings. The van der Waals surface area contributed by atoms with Gasteiger partial charge in [-0.2, -0.15) is 0 Å². The maximum atomic E-state index is 12.9. The van der Waals surface area contributed by atoms with E-state index in [0.717, 1.165) is 51.1 Å².